The fraction of sp³-hybridized carbons (Fsp3) is 0.615. The van der Waals surface area contributed by atoms with Gasteiger partial charge in [-0.05, 0) is 18.6 Å². The summed E-state index contributed by atoms with van der Waals surface area (Å²) in [4.78, 5) is 12.7. The fourth-order valence-electron chi connectivity index (χ4n) is 2.03. The predicted molar refractivity (Wildman–Crippen MR) is 76.8 cm³/mol. The van der Waals surface area contributed by atoms with Crippen molar-refractivity contribution in [3.8, 4) is 11.5 Å². The van der Waals surface area contributed by atoms with E-state index in [1.807, 2.05) is 20.9 Å². The zero-order valence-electron chi connectivity index (χ0n) is 13.2. The molecule has 0 aliphatic heterocycles. The highest BCUT2D eigenvalue weighted by atomic mass is 16.7. The van der Waals surface area contributed by atoms with Crippen LogP contribution in [0.5, 0.6) is 0 Å². The summed E-state index contributed by atoms with van der Waals surface area (Å²) in [5.41, 5.74) is 1.83. The first kappa shape index (κ1) is 15.9. The van der Waals surface area contributed by atoms with Gasteiger partial charge in [-0.15, -0.1) is 15.0 Å². The van der Waals surface area contributed by atoms with Crippen molar-refractivity contribution in [2.24, 2.45) is 7.05 Å². The molecule has 0 bridgehead atoms. The molecular formula is C13H20N6O3. The highest BCUT2D eigenvalue weighted by Gasteiger charge is 2.21. The van der Waals surface area contributed by atoms with Crippen molar-refractivity contribution < 1.29 is 14.3 Å². The van der Waals surface area contributed by atoms with Crippen molar-refractivity contribution in [3.05, 3.63) is 11.8 Å². The summed E-state index contributed by atoms with van der Waals surface area (Å²) in [6.45, 7) is 5.85. The average molecular weight is 308 g/mol. The molecule has 2 aromatic heterocycles. The van der Waals surface area contributed by atoms with E-state index in [1.54, 1.807) is 17.8 Å². The van der Waals surface area contributed by atoms with Gasteiger partial charge in [0.2, 0.25) is 12.1 Å². The van der Waals surface area contributed by atoms with E-state index < -0.39 is 12.4 Å². The van der Waals surface area contributed by atoms with Crippen molar-refractivity contribution in [1.29, 1.82) is 0 Å². The Hall–Kier alpha value is -2.45. The van der Waals surface area contributed by atoms with Crippen molar-refractivity contribution in [2.45, 2.75) is 39.8 Å². The van der Waals surface area contributed by atoms with Crippen LogP contribution in [0.3, 0.4) is 0 Å². The molecule has 0 saturated carbocycles. The number of ether oxygens (including phenoxy) is 2. The van der Waals surface area contributed by atoms with E-state index in [-0.39, 0.29) is 6.61 Å². The molecule has 0 saturated heterocycles. The molecule has 2 aromatic rings. The number of aromatic nitrogens is 6. The monoisotopic (exact) mass is 308 g/mol. The minimum absolute atomic E-state index is 0.250. The van der Waals surface area contributed by atoms with E-state index in [9.17, 15) is 4.79 Å². The van der Waals surface area contributed by atoms with E-state index in [0.29, 0.717) is 12.2 Å². The van der Waals surface area contributed by atoms with Crippen LogP contribution in [0.25, 0.3) is 11.5 Å². The Morgan fingerprint density at radius 1 is 1.36 bits per heavy atom. The molecule has 1 unspecified atom stereocenters. The van der Waals surface area contributed by atoms with E-state index in [4.69, 9.17) is 9.47 Å². The number of hydrogen-bond donors (Lipinski definition) is 0. The number of hydrogen-bond acceptors (Lipinski definition) is 7. The lowest BCUT2D eigenvalue weighted by Crippen LogP contribution is -2.20. The summed E-state index contributed by atoms with van der Waals surface area (Å²) in [6, 6.07) is 0. The molecule has 0 fully saturated rings. The van der Waals surface area contributed by atoms with Gasteiger partial charge in [0.1, 0.15) is 5.69 Å². The molecule has 22 heavy (non-hydrogen) atoms. The first-order chi connectivity index (χ1) is 10.6. The predicted octanol–water partition coefficient (Wildman–Crippen LogP) is 1.72. The Morgan fingerprint density at radius 3 is 2.77 bits per heavy atom. The molecule has 2 rings (SSSR count). The lowest BCUT2D eigenvalue weighted by Gasteiger charge is -2.13. The van der Waals surface area contributed by atoms with Crippen LogP contribution in [-0.4, -0.2) is 42.7 Å². The third-order valence-electron chi connectivity index (χ3n) is 3.14. The summed E-state index contributed by atoms with van der Waals surface area (Å²) in [5, 5.41) is 16.5. The Labute approximate surface area is 128 Å². The first-order valence-electron chi connectivity index (χ1n) is 7.24. The van der Waals surface area contributed by atoms with Gasteiger partial charge in [-0.25, -0.2) is 4.79 Å². The topological polar surface area (TPSA) is 97.0 Å². The molecule has 9 heteroatoms. The number of tetrazole rings is 1. The lowest BCUT2D eigenvalue weighted by atomic mass is 10.2. The maximum atomic E-state index is 11.4. The zero-order valence-corrected chi connectivity index (χ0v) is 13.2. The standard InChI is InChI=1S/C13H20N6O3/c1-5-9-8-14-18(4)11(9)12-15-17-19(16-12)10(6-2)22-13(20)21-7-3/h8,10H,5-7H2,1-4H3. The number of nitrogens with zero attached hydrogens (tertiary/aromatic N) is 6. The van der Waals surface area contributed by atoms with Gasteiger partial charge in [-0.1, -0.05) is 13.8 Å². The number of carbonyl (C=O) groups excluding carboxylic acids is 1. The summed E-state index contributed by atoms with van der Waals surface area (Å²) >= 11 is 0. The van der Waals surface area contributed by atoms with E-state index in [0.717, 1.165) is 17.7 Å². The largest absolute Gasteiger partial charge is 0.510 e. The van der Waals surface area contributed by atoms with Crippen molar-refractivity contribution in [2.75, 3.05) is 6.61 Å². The molecule has 0 aliphatic rings. The number of rotatable bonds is 6. The molecule has 2 heterocycles. The van der Waals surface area contributed by atoms with Gasteiger partial charge >= 0.3 is 6.16 Å². The molecule has 0 N–H and O–H groups in total. The molecule has 0 radical (unpaired) electrons. The maximum Gasteiger partial charge on any atom is 0.510 e. The van der Waals surface area contributed by atoms with Crippen LogP contribution in [0.15, 0.2) is 6.20 Å². The summed E-state index contributed by atoms with van der Waals surface area (Å²) in [6.07, 6.45) is 1.69. The lowest BCUT2D eigenvalue weighted by molar-refractivity contribution is -0.0158. The fourth-order valence-corrected chi connectivity index (χ4v) is 2.03. The third-order valence-corrected chi connectivity index (χ3v) is 3.14. The van der Waals surface area contributed by atoms with Crippen LogP contribution in [0.2, 0.25) is 0 Å². The van der Waals surface area contributed by atoms with Gasteiger partial charge < -0.3 is 9.47 Å². The number of carbonyl (C=O) groups is 1. The first-order valence-corrected chi connectivity index (χ1v) is 7.24. The smallest absolute Gasteiger partial charge is 0.435 e. The molecule has 1 atom stereocenters. The van der Waals surface area contributed by atoms with Crippen LogP contribution >= 0.6 is 0 Å². The SMILES string of the molecule is CCOC(=O)OC(CC)n1nnc(-c2c(CC)cnn2C)n1. The second-order valence-electron chi connectivity index (χ2n) is 4.59. The van der Waals surface area contributed by atoms with Gasteiger partial charge in [0.25, 0.3) is 0 Å². The highest BCUT2D eigenvalue weighted by molar-refractivity contribution is 5.59. The minimum atomic E-state index is -0.747. The second-order valence-corrected chi connectivity index (χ2v) is 4.59. The molecule has 120 valence electrons. The maximum absolute atomic E-state index is 11.4. The van der Waals surface area contributed by atoms with Crippen molar-refractivity contribution in [1.82, 2.24) is 30.0 Å². The van der Waals surface area contributed by atoms with E-state index >= 15 is 0 Å². The molecule has 0 aromatic carbocycles. The Balaban J connectivity index is 2.22. The molecule has 0 amide bonds. The zero-order chi connectivity index (χ0) is 16.1. The molecular weight excluding hydrogens is 288 g/mol. The van der Waals surface area contributed by atoms with Crippen molar-refractivity contribution >= 4 is 6.16 Å². The van der Waals surface area contributed by atoms with Crippen LogP contribution in [0.4, 0.5) is 4.79 Å². The van der Waals surface area contributed by atoms with Crippen LogP contribution < -0.4 is 0 Å². The Kier molecular flexibility index (Phi) is 5.08. The van der Waals surface area contributed by atoms with Gasteiger partial charge in [0, 0.05) is 19.0 Å². The molecule has 0 spiro atoms. The summed E-state index contributed by atoms with van der Waals surface area (Å²) in [7, 11) is 1.82. The summed E-state index contributed by atoms with van der Waals surface area (Å²) < 4.78 is 11.6. The Morgan fingerprint density at radius 2 is 2.14 bits per heavy atom. The Bertz CT molecular complexity index is 636. The van der Waals surface area contributed by atoms with E-state index in [1.165, 1.54) is 4.80 Å². The average Bonchev–Trinajstić information content (AvgIpc) is 3.11. The van der Waals surface area contributed by atoms with E-state index in [2.05, 4.69) is 20.5 Å². The quantitative estimate of drug-likeness (QED) is 0.749. The third kappa shape index (κ3) is 3.23. The van der Waals surface area contributed by atoms with Gasteiger partial charge in [-0.2, -0.15) is 5.10 Å². The van der Waals surface area contributed by atoms with Gasteiger partial charge in [0.15, 0.2) is 0 Å². The van der Waals surface area contributed by atoms with Crippen LogP contribution in [-0.2, 0) is 22.9 Å². The van der Waals surface area contributed by atoms with Crippen molar-refractivity contribution in [3.63, 3.8) is 0 Å². The van der Waals surface area contributed by atoms with Gasteiger partial charge in [-0.3, -0.25) is 4.68 Å². The van der Waals surface area contributed by atoms with Gasteiger partial charge in [0.05, 0.1) is 12.8 Å². The molecule has 0 aliphatic carbocycles. The normalized spacial score (nSPS) is 12.2. The molecule has 9 nitrogen and oxygen atoms in total. The minimum Gasteiger partial charge on any atom is -0.435 e. The second kappa shape index (κ2) is 7.01. The number of aryl methyl sites for hydroxylation is 2. The van der Waals surface area contributed by atoms with Crippen LogP contribution in [0, 0.1) is 0 Å². The highest BCUT2D eigenvalue weighted by Crippen LogP contribution is 2.20. The summed E-state index contributed by atoms with van der Waals surface area (Å²) in [5.74, 6) is 0.447. The van der Waals surface area contributed by atoms with Crippen LogP contribution in [0.1, 0.15) is 39.0 Å².